The minimum Gasteiger partial charge on any atom is -0.287 e. The van der Waals surface area contributed by atoms with Gasteiger partial charge in [-0.1, -0.05) is 30.3 Å². The average molecular weight is 278 g/mol. The number of amides is 1. The molecule has 1 aliphatic rings. The van der Waals surface area contributed by atoms with Crippen LogP contribution in [0, 0.1) is 0 Å². The van der Waals surface area contributed by atoms with E-state index < -0.39 is 5.91 Å². The van der Waals surface area contributed by atoms with Gasteiger partial charge in [-0.05, 0) is 23.8 Å². The molecule has 1 amide bonds. The smallest absolute Gasteiger partial charge is 0.270 e. The van der Waals surface area contributed by atoms with E-state index in [0.717, 1.165) is 5.56 Å². The Kier molecular flexibility index (Phi) is 3.34. The Labute approximate surface area is 119 Å². The van der Waals surface area contributed by atoms with Crippen LogP contribution < -0.4 is 0 Å². The molecular formula is C15H10N4O2. The van der Waals surface area contributed by atoms with Gasteiger partial charge in [0.25, 0.3) is 5.91 Å². The maximum absolute atomic E-state index is 11.9. The summed E-state index contributed by atoms with van der Waals surface area (Å²) < 4.78 is 0. The minimum atomic E-state index is -0.522. The van der Waals surface area contributed by atoms with E-state index in [4.69, 9.17) is 0 Å². The molecule has 0 atom stereocenters. The molecule has 0 aliphatic heterocycles. The first-order chi connectivity index (χ1) is 10.2. The van der Waals surface area contributed by atoms with E-state index in [1.165, 1.54) is 18.2 Å². The highest BCUT2D eigenvalue weighted by molar-refractivity contribution is 6.52. The molecule has 6 nitrogen and oxygen atoms in total. The number of carbonyl (C=O) groups excluding carboxylic acids is 2. The summed E-state index contributed by atoms with van der Waals surface area (Å²) in [5, 5.41) is 10.1. The highest BCUT2D eigenvalue weighted by Crippen LogP contribution is 2.13. The van der Waals surface area contributed by atoms with Crippen molar-refractivity contribution >= 4 is 29.6 Å². The summed E-state index contributed by atoms with van der Waals surface area (Å²) in [6.07, 6.45) is 5.80. The number of benzene rings is 1. The van der Waals surface area contributed by atoms with Crippen molar-refractivity contribution in [2.45, 2.75) is 0 Å². The third-order valence-electron chi connectivity index (χ3n) is 2.87. The van der Waals surface area contributed by atoms with Gasteiger partial charge in [-0.2, -0.15) is 15.4 Å². The molecule has 1 aliphatic carbocycles. The predicted molar refractivity (Wildman–Crippen MR) is 77.4 cm³/mol. The Bertz CT molecular complexity index is 785. The highest BCUT2D eigenvalue weighted by Gasteiger charge is 2.23. The molecule has 0 bridgehead atoms. The van der Waals surface area contributed by atoms with Crippen LogP contribution in [0.25, 0.3) is 12.2 Å². The molecule has 0 fully saturated rings. The standard InChI is InChI=1S/C15H10N4O2/c20-12-8-7-11-14(18-19-17-11)15(12)16-13(21)9-6-10-4-2-1-3-5-10/h1-9H,(H,17,18,19). The second-order valence-electron chi connectivity index (χ2n) is 4.30. The van der Waals surface area contributed by atoms with E-state index in [1.54, 1.807) is 6.08 Å². The van der Waals surface area contributed by atoms with Crippen LogP contribution in [0.4, 0.5) is 0 Å². The Morgan fingerprint density at radius 1 is 1.14 bits per heavy atom. The summed E-state index contributed by atoms with van der Waals surface area (Å²) in [7, 11) is 0. The van der Waals surface area contributed by atoms with Crippen molar-refractivity contribution in [1.82, 2.24) is 15.4 Å². The maximum atomic E-state index is 11.9. The van der Waals surface area contributed by atoms with Gasteiger partial charge in [0.2, 0.25) is 5.78 Å². The fraction of sp³-hybridized carbons (Fsp3) is 0. The van der Waals surface area contributed by atoms with Crippen molar-refractivity contribution in [2.75, 3.05) is 0 Å². The van der Waals surface area contributed by atoms with Gasteiger partial charge in [-0.25, -0.2) is 4.99 Å². The van der Waals surface area contributed by atoms with Crippen LogP contribution in [0.2, 0.25) is 0 Å². The average Bonchev–Trinajstić information content (AvgIpc) is 2.98. The van der Waals surface area contributed by atoms with Gasteiger partial charge in [0.15, 0.2) is 0 Å². The van der Waals surface area contributed by atoms with Crippen LogP contribution in [-0.2, 0) is 9.59 Å². The van der Waals surface area contributed by atoms with Crippen molar-refractivity contribution in [3.8, 4) is 0 Å². The van der Waals surface area contributed by atoms with E-state index in [9.17, 15) is 9.59 Å². The Hall–Kier alpha value is -3.15. The molecule has 1 N–H and O–H groups in total. The van der Waals surface area contributed by atoms with Gasteiger partial charge >= 0.3 is 0 Å². The summed E-state index contributed by atoms with van der Waals surface area (Å²) in [5.41, 5.74) is 1.67. The number of hydrogen-bond acceptors (Lipinski definition) is 4. The molecule has 1 aromatic heterocycles. The van der Waals surface area contributed by atoms with Crippen LogP contribution in [-0.4, -0.2) is 32.8 Å². The minimum absolute atomic E-state index is 0.00367. The van der Waals surface area contributed by atoms with Crippen LogP contribution in [0.5, 0.6) is 0 Å². The predicted octanol–water partition coefficient (Wildman–Crippen LogP) is 1.43. The van der Waals surface area contributed by atoms with Crippen LogP contribution in [0.15, 0.2) is 47.5 Å². The molecule has 0 spiro atoms. The largest absolute Gasteiger partial charge is 0.287 e. The molecule has 102 valence electrons. The van der Waals surface area contributed by atoms with Crippen LogP contribution in [0.3, 0.4) is 0 Å². The number of rotatable bonds is 2. The summed E-state index contributed by atoms with van der Waals surface area (Å²) in [6.45, 7) is 0. The van der Waals surface area contributed by atoms with Crippen LogP contribution >= 0.6 is 0 Å². The zero-order chi connectivity index (χ0) is 14.7. The van der Waals surface area contributed by atoms with Gasteiger partial charge in [0.05, 0.1) is 0 Å². The summed E-state index contributed by atoms with van der Waals surface area (Å²) in [4.78, 5) is 27.5. The molecule has 0 saturated heterocycles. The number of nitrogens with one attached hydrogen (secondary N) is 1. The Morgan fingerprint density at radius 3 is 2.76 bits per heavy atom. The molecular weight excluding hydrogens is 268 g/mol. The lowest BCUT2D eigenvalue weighted by molar-refractivity contribution is -0.114. The summed E-state index contributed by atoms with van der Waals surface area (Å²) in [6, 6.07) is 9.35. The lowest BCUT2D eigenvalue weighted by Gasteiger charge is -2.03. The molecule has 21 heavy (non-hydrogen) atoms. The number of allylic oxidation sites excluding steroid dienone is 1. The number of ketones is 1. The second-order valence-corrected chi connectivity index (χ2v) is 4.30. The van der Waals surface area contributed by atoms with Crippen molar-refractivity contribution in [3.05, 3.63) is 59.4 Å². The monoisotopic (exact) mass is 278 g/mol. The van der Waals surface area contributed by atoms with Crippen molar-refractivity contribution in [3.63, 3.8) is 0 Å². The normalized spacial score (nSPS) is 15.6. The number of nitrogens with zero attached hydrogens (tertiary/aromatic N) is 3. The quantitative estimate of drug-likeness (QED) is 0.842. The molecule has 3 rings (SSSR count). The van der Waals surface area contributed by atoms with Gasteiger partial charge in [-0.3, -0.25) is 9.59 Å². The van der Waals surface area contributed by atoms with E-state index in [1.807, 2.05) is 30.3 Å². The SMILES string of the molecule is O=C(C=Cc1ccccc1)N=C1C(=O)C=Cc2n[nH]nc21. The van der Waals surface area contributed by atoms with E-state index in [0.29, 0.717) is 11.4 Å². The second kappa shape index (κ2) is 5.46. The third-order valence-corrected chi connectivity index (χ3v) is 2.87. The summed E-state index contributed by atoms with van der Waals surface area (Å²) in [5.74, 6) is -0.885. The first-order valence-corrected chi connectivity index (χ1v) is 6.23. The van der Waals surface area contributed by atoms with Gasteiger partial charge in [0.1, 0.15) is 17.1 Å². The zero-order valence-corrected chi connectivity index (χ0v) is 10.9. The third kappa shape index (κ3) is 2.74. The number of aliphatic imine (C=N–C) groups is 1. The Balaban J connectivity index is 1.85. The number of carbonyl (C=O) groups is 2. The summed E-state index contributed by atoms with van der Waals surface area (Å²) >= 11 is 0. The van der Waals surface area contributed by atoms with Gasteiger partial charge in [-0.15, -0.1) is 0 Å². The molecule has 0 unspecified atom stereocenters. The van der Waals surface area contributed by atoms with Crippen molar-refractivity contribution in [1.29, 1.82) is 0 Å². The first kappa shape index (κ1) is 12.9. The zero-order valence-electron chi connectivity index (χ0n) is 10.9. The first-order valence-electron chi connectivity index (χ1n) is 6.23. The van der Waals surface area contributed by atoms with Crippen molar-refractivity contribution in [2.24, 2.45) is 4.99 Å². The van der Waals surface area contributed by atoms with E-state index in [-0.39, 0.29) is 11.5 Å². The van der Waals surface area contributed by atoms with Gasteiger partial charge < -0.3 is 0 Å². The molecule has 0 radical (unpaired) electrons. The fourth-order valence-corrected chi connectivity index (χ4v) is 1.87. The Morgan fingerprint density at radius 2 is 1.95 bits per heavy atom. The molecule has 6 heteroatoms. The molecule has 2 aromatic rings. The number of fused-ring (bicyclic) bond motifs is 1. The van der Waals surface area contributed by atoms with Gasteiger partial charge in [0, 0.05) is 6.08 Å². The molecule has 0 saturated carbocycles. The molecule has 1 aromatic carbocycles. The fourth-order valence-electron chi connectivity index (χ4n) is 1.87. The van der Waals surface area contributed by atoms with E-state index in [2.05, 4.69) is 20.4 Å². The highest BCUT2D eigenvalue weighted by atomic mass is 16.1. The lowest BCUT2D eigenvalue weighted by atomic mass is 10.0. The number of aromatic nitrogens is 3. The van der Waals surface area contributed by atoms with Crippen molar-refractivity contribution < 1.29 is 9.59 Å². The topological polar surface area (TPSA) is 88.1 Å². The number of aromatic amines is 1. The number of H-pyrrole nitrogens is 1. The van der Waals surface area contributed by atoms with Crippen LogP contribution in [0.1, 0.15) is 17.0 Å². The van der Waals surface area contributed by atoms with E-state index >= 15 is 0 Å². The lowest BCUT2D eigenvalue weighted by Crippen LogP contribution is -2.19. The number of hydrogen-bond donors (Lipinski definition) is 1. The molecule has 1 heterocycles. The maximum Gasteiger partial charge on any atom is 0.270 e.